The maximum atomic E-state index is 14.2. The van der Waals surface area contributed by atoms with Crippen LogP contribution < -0.4 is 19.1 Å². The number of hydrogen-bond acceptors (Lipinski definition) is 9. The lowest BCUT2D eigenvalue weighted by Crippen LogP contribution is -2.48. The van der Waals surface area contributed by atoms with E-state index in [2.05, 4.69) is 14.6 Å². The number of rotatable bonds is 14. The minimum atomic E-state index is -3.92. The van der Waals surface area contributed by atoms with Crippen LogP contribution in [-0.4, -0.2) is 83.5 Å². The van der Waals surface area contributed by atoms with Crippen LogP contribution in [0, 0.1) is 20.8 Å². The SMILES string of the molecule is CC(=O)N1CCN(c2ccc(OCc3nn(C)c(C)c3-c3cccc4c(CCCOc5cc(C)c(Cl)c(C)c5)c(C(=O)NS(C)(=O)=O)n(Cc5cccnc5)c34)cc2)CC1. The second-order valence-corrected chi connectivity index (χ2v) is 17.4. The summed E-state index contributed by atoms with van der Waals surface area (Å²) in [5, 5.41) is 6.41. The molecular weight excluding hydrogens is 802 g/mol. The molecule has 4 heterocycles. The highest BCUT2D eigenvalue weighted by Crippen LogP contribution is 2.39. The van der Waals surface area contributed by atoms with E-state index in [0.717, 1.165) is 69.4 Å². The molecule has 13 nitrogen and oxygen atoms in total. The molecule has 0 atom stereocenters. The third kappa shape index (κ3) is 9.29. The highest BCUT2D eigenvalue weighted by Gasteiger charge is 2.29. The number of hydrogen-bond donors (Lipinski definition) is 1. The number of ether oxygens (including phenoxy) is 2. The van der Waals surface area contributed by atoms with Crippen molar-refractivity contribution in [2.75, 3.05) is 43.9 Å². The Morgan fingerprint density at radius 3 is 2.28 bits per heavy atom. The van der Waals surface area contributed by atoms with Gasteiger partial charge >= 0.3 is 0 Å². The van der Waals surface area contributed by atoms with E-state index in [9.17, 15) is 18.0 Å². The number of aromatic nitrogens is 4. The number of anilines is 1. The zero-order valence-corrected chi connectivity index (χ0v) is 36.4. The minimum absolute atomic E-state index is 0.0974. The Labute approximate surface area is 355 Å². The normalized spacial score (nSPS) is 13.2. The van der Waals surface area contributed by atoms with Crippen LogP contribution in [0.25, 0.3) is 22.0 Å². The van der Waals surface area contributed by atoms with E-state index in [1.165, 1.54) is 0 Å². The zero-order chi connectivity index (χ0) is 42.7. The average molecular weight is 852 g/mol. The summed E-state index contributed by atoms with van der Waals surface area (Å²) in [5.74, 6) is 0.758. The summed E-state index contributed by atoms with van der Waals surface area (Å²) in [5.41, 5.74) is 8.70. The predicted octanol–water partition coefficient (Wildman–Crippen LogP) is 7.01. The smallest absolute Gasteiger partial charge is 0.281 e. The van der Waals surface area contributed by atoms with E-state index in [-0.39, 0.29) is 24.8 Å². The molecule has 0 unspecified atom stereocenters. The third-order valence-electron chi connectivity index (χ3n) is 11.0. The number of sulfonamides is 1. The molecule has 3 aromatic heterocycles. The Kier molecular flexibility index (Phi) is 12.5. The van der Waals surface area contributed by atoms with Crippen LogP contribution in [0.5, 0.6) is 11.5 Å². The number of para-hydroxylation sites is 1. The molecule has 15 heteroatoms. The first kappa shape index (κ1) is 42.3. The molecule has 1 saturated heterocycles. The van der Waals surface area contributed by atoms with Gasteiger partial charge < -0.3 is 23.8 Å². The fourth-order valence-corrected chi connectivity index (χ4v) is 8.53. The molecular formula is C45H50ClN7O6S. The standard InChI is InChI=1S/C45H50ClN7O6S/c1-29-24-36(25-30(2)42(29)46)58-23-9-13-38-37-11-7-12-39(43(37)53(27-33-10-8-18-47-26-33)44(38)45(55)49-60(6,56)57)41-31(3)50(5)48-40(41)28-59-35-16-14-34(15-17-35)52-21-19-51(20-22-52)32(4)54/h7-8,10-12,14-18,24-26H,9,13,19-23,27-28H2,1-6H3,(H,49,55). The summed E-state index contributed by atoms with van der Waals surface area (Å²) in [7, 11) is -2.03. The summed E-state index contributed by atoms with van der Waals surface area (Å²) in [6, 6.07) is 21.4. The van der Waals surface area contributed by atoms with Crippen LogP contribution in [-0.2, 0) is 41.4 Å². The molecule has 1 N–H and O–H groups in total. The topological polar surface area (TPSA) is 141 Å². The van der Waals surface area contributed by atoms with Gasteiger partial charge in [0.05, 0.1) is 18.4 Å². The number of piperazine rings is 1. The van der Waals surface area contributed by atoms with Gasteiger partial charge in [0.15, 0.2) is 0 Å². The summed E-state index contributed by atoms with van der Waals surface area (Å²) in [4.78, 5) is 34.5. The van der Waals surface area contributed by atoms with Gasteiger partial charge in [-0.15, -0.1) is 0 Å². The lowest BCUT2D eigenvalue weighted by molar-refractivity contribution is -0.129. The van der Waals surface area contributed by atoms with Gasteiger partial charge in [0.25, 0.3) is 5.91 Å². The lowest BCUT2D eigenvalue weighted by Gasteiger charge is -2.35. The first-order valence-corrected chi connectivity index (χ1v) is 22.2. The van der Waals surface area contributed by atoms with Gasteiger partial charge in [0.1, 0.15) is 29.5 Å². The highest BCUT2D eigenvalue weighted by atomic mass is 35.5. The van der Waals surface area contributed by atoms with Crippen LogP contribution in [0.2, 0.25) is 5.02 Å². The van der Waals surface area contributed by atoms with Gasteiger partial charge in [0, 0.05) is 92.0 Å². The third-order valence-corrected chi connectivity index (χ3v) is 12.1. The molecule has 1 fully saturated rings. The lowest BCUT2D eigenvalue weighted by atomic mass is 9.98. The van der Waals surface area contributed by atoms with Crippen molar-refractivity contribution in [3.05, 3.63) is 123 Å². The molecule has 314 valence electrons. The largest absolute Gasteiger partial charge is 0.494 e. The first-order valence-electron chi connectivity index (χ1n) is 19.9. The summed E-state index contributed by atoms with van der Waals surface area (Å²) in [6.07, 6.45) is 5.35. The Hall–Kier alpha value is -5.86. The molecule has 3 aromatic carbocycles. The number of amides is 2. The summed E-state index contributed by atoms with van der Waals surface area (Å²) >= 11 is 6.40. The van der Waals surface area contributed by atoms with Gasteiger partial charge in [-0.05, 0) is 98.3 Å². The van der Waals surface area contributed by atoms with Gasteiger partial charge in [0.2, 0.25) is 15.9 Å². The van der Waals surface area contributed by atoms with E-state index in [0.29, 0.717) is 60.3 Å². The van der Waals surface area contributed by atoms with Crippen molar-refractivity contribution in [2.45, 2.75) is 53.7 Å². The van der Waals surface area contributed by atoms with Gasteiger partial charge in [-0.2, -0.15) is 5.10 Å². The number of nitrogens with zero attached hydrogens (tertiary/aromatic N) is 6. The molecule has 1 aliphatic rings. The molecule has 0 bridgehead atoms. The Balaban J connectivity index is 1.25. The number of carbonyl (C=O) groups is 2. The van der Waals surface area contributed by atoms with Crippen molar-refractivity contribution in [1.82, 2.24) is 29.0 Å². The second kappa shape index (κ2) is 17.8. The summed E-state index contributed by atoms with van der Waals surface area (Å²) < 4.78 is 43.7. The predicted molar refractivity (Wildman–Crippen MR) is 235 cm³/mol. The van der Waals surface area contributed by atoms with Crippen LogP contribution in [0.3, 0.4) is 0 Å². The number of nitrogens with one attached hydrogen (secondary N) is 1. The maximum absolute atomic E-state index is 14.2. The van der Waals surface area contributed by atoms with Crippen molar-refractivity contribution in [3.8, 4) is 22.6 Å². The van der Waals surface area contributed by atoms with Crippen molar-refractivity contribution >= 4 is 50.0 Å². The minimum Gasteiger partial charge on any atom is -0.494 e. The fourth-order valence-electron chi connectivity index (χ4n) is 7.98. The number of pyridine rings is 1. The fraction of sp³-hybridized carbons (Fsp3) is 0.333. The number of halogens is 1. The van der Waals surface area contributed by atoms with Crippen LogP contribution in [0.1, 0.15) is 57.5 Å². The molecule has 0 spiro atoms. The molecule has 0 saturated carbocycles. The van der Waals surface area contributed by atoms with Crippen molar-refractivity contribution in [2.24, 2.45) is 7.05 Å². The second-order valence-electron chi connectivity index (χ2n) is 15.3. The molecule has 6 aromatic rings. The number of benzene rings is 3. The van der Waals surface area contributed by atoms with Gasteiger partial charge in [-0.1, -0.05) is 35.9 Å². The van der Waals surface area contributed by atoms with Gasteiger partial charge in [-0.25, -0.2) is 13.1 Å². The molecule has 7 rings (SSSR count). The van der Waals surface area contributed by atoms with Crippen molar-refractivity contribution in [3.63, 3.8) is 0 Å². The molecule has 60 heavy (non-hydrogen) atoms. The van der Waals surface area contributed by atoms with E-state index < -0.39 is 15.9 Å². The average Bonchev–Trinajstić information content (AvgIpc) is 3.69. The Morgan fingerprint density at radius 2 is 1.63 bits per heavy atom. The van der Waals surface area contributed by atoms with Crippen LogP contribution in [0.4, 0.5) is 5.69 Å². The van der Waals surface area contributed by atoms with E-state index in [1.807, 2.05) is 109 Å². The van der Waals surface area contributed by atoms with E-state index in [4.69, 9.17) is 26.2 Å². The summed E-state index contributed by atoms with van der Waals surface area (Å²) in [6.45, 7) is 11.1. The number of carbonyl (C=O) groups excluding carboxylic acids is 2. The quantitative estimate of drug-likeness (QED) is 0.115. The molecule has 0 aliphatic carbocycles. The van der Waals surface area contributed by atoms with Crippen LogP contribution >= 0.6 is 11.6 Å². The van der Waals surface area contributed by atoms with Gasteiger partial charge in [-0.3, -0.25) is 19.3 Å². The first-order chi connectivity index (χ1) is 28.7. The number of fused-ring (bicyclic) bond motifs is 1. The number of aryl methyl sites for hydroxylation is 4. The van der Waals surface area contributed by atoms with Crippen molar-refractivity contribution < 1.29 is 27.5 Å². The van der Waals surface area contributed by atoms with Crippen molar-refractivity contribution in [1.29, 1.82) is 0 Å². The molecule has 0 radical (unpaired) electrons. The monoisotopic (exact) mass is 851 g/mol. The zero-order valence-electron chi connectivity index (χ0n) is 34.8. The maximum Gasteiger partial charge on any atom is 0.281 e. The molecule has 1 aliphatic heterocycles. The van der Waals surface area contributed by atoms with E-state index >= 15 is 0 Å². The highest BCUT2D eigenvalue weighted by molar-refractivity contribution is 7.89. The van der Waals surface area contributed by atoms with Crippen LogP contribution in [0.15, 0.2) is 79.1 Å². The van der Waals surface area contributed by atoms with E-state index in [1.54, 1.807) is 19.3 Å². The molecule has 2 amide bonds. The Morgan fingerprint density at radius 1 is 0.917 bits per heavy atom. The Bertz CT molecular complexity index is 2630.